The van der Waals surface area contributed by atoms with Crippen molar-refractivity contribution in [1.82, 2.24) is 4.90 Å². The van der Waals surface area contributed by atoms with Gasteiger partial charge in [0, 0.05) is 17.6 Å². The lowest BCUT2D eigenvalue weighted by Crippen LogP contribution is -2.42. The van der Waals surface area contributed by atoms with Crippen LogP contribution < -0.4 is 0 Å². The van der Waals surface area contributed by atoms with Gasteiger partial charge in [-0.1, -0.05) is 32.0 Å². The van der Waals surface area contributed by atoms with E-state index in [2.05, 4.69) is 47.6 Å². The zero-order valence-electron chi connectivity index (χ0n) is 13.1. The van der Waals surface area contributed by atoms with Gasteiger partial charge in [0.15, 0.2) is 0 Å². The highest BCUT2D eigenvalue weighted by Crippen LogP contribution is 2.24. The zero-order chi connectivity index (χ0) is 14.6. The molecule has 0 aliphatic heterocycles. The Hall–Kier alpha value is -1.31. The molecule has 1 aromatic carbocycles. The van der Waals surface area contributed by atoms with Crippen LogP contribution >= 0.6 is 0 Å². The maximum absolute atomic E-state index is 12.8. The Kier molecular flexibility index (Phi) is 5.59. The van der Waals surface area contributed by atoms with Gasteiger partial charge in [-0.15, -0.1) is 0 Å². The number of amides is 1. The SMILES string of the molecule is CCC(C)c1ccccc1C(=O)N(C(C)C)C(C)C. The van der Waals surface area contributed by atoms with Crippen molar-refractivity contribution in [3.05, 3.63) is 35.4 Å². The Labute approximate surface area is 117 Å². The zero-order valence-corrected chi connectivity index (χ0v) is 13.1. The van der Waals surface area contributed by atoms with E-state index in [0.717, 1.165) is 12.0 Å². The van der Waals surface area contributed by atoms with Crippen LogP contribution in [0.4, 0.5) is 0 Å². The second-order valence-corrected chi connectivity index (χ2v) is 5.80. The highest BCUT2D eigenvalue weighted by atomic mass is 16.2. The molecule has 106 valence electrons. The predicted molar refractivity (Wildman–Crippen MR) is 81.6 cm³/mol. The third-order valence-electron chi connectivity index (χ3n) is 3.68. The molecule has 0 radical (unpaired) electrons. The number of hydrogen-bond donors (Lipinski definition) is 0. The van der Waals surface area contributed by atoms with Crippen LogP contribution in [0.15, 0.2) is 24.3 Å². The standard InChI is InChI=1S/C17H27NO/c1-7-14(6)15-10-8-9-11-16(15)17(19)18(12(2)3)13(4)5/h8-14H,7H2,1-6H3. The van der Waals surface area contributed by atoms with E-state index in [9.17, 15) is 4.79 Å². The van der Waals surface area contributed by atoms with Gasteiger partial charge in [0.25, 0.3) is 5.91 Å². The fraction of sp³-hybridized carbons (Fsp3) is 0.588. The minimum Gasteiger partial charge on any atom is -0.334 e. The number of nitrogens with zero attached hydrogens (tertiary/aromatic N) is 1. The third kappa shape index (κ3) is 3.59. The van der Waals surface area contributed by atoms with Crippen LogP contribution in [0.5, 0.6) is 0 Å². The van der Waals surface area contributed by atoms with Gasteiger partial charge in [0.2, 0.25) is 0 Å². The number of carbonyl (C=O) groups is 1. The first-order chi connectivity index (χ1) is 8.90. The molecule has 2 nitrogen and oxygen atoms in total. The molecular weight excluding hydrogens is 234 g/mol. The monoisotopic (exact) mass is 261 g/mol. The maximum Gasteiger partial charge on any atom is 0.254 e. The van der Waals surface area contributed by atoms with Crippen molar-refractivity contribution in [2.24, 2.45) is 0 Å². The van der Waals surface area contributed by atoms with Crippen LogP contribution in [-0.2, 0) is 0 Å². The Balaban J connectivity index is 3.18. The quantitative estimate of drug-likeness (QED) is 0.766. The van der Waals surface area contributed by atoms with E-state index < -0.39 is 0 Å². The molecule has 0 fully saturated rings. The minimum atomic E-state index is 0.154. The van der Waals surface area contributed by atoms with Crippen LogP contribution in [0.1, 0.15) is 69.8 Å². The van der Waals surface area contributed by atoms with E-state index in [-0.39, 0.29) is 18.0 Å². The molecule has 0 saturated heterocycles. The van der Waals surface area contributed by atoms with Crippen molar-refractivity contribution >= 4 is 5.91 Å². The molecule has 1 amide bonds. The maximum atomic E-state index is 12.8. The first kappa shape index (κ1) is 15.7. The van der Waals surface area contributed by atoms with Crippen LogP contribution in [0.3, 0.4) is 0 Å². The number of hydrogen-bond acceptors (Lipinski definition) is 1. The number of carbonyl (C=O) groups excluding carboxylic acids is 1. The van der Waals surface area contributed by atoms with E-state index in [0.29, 0.717) is 5.92 Å². The molecular formula is C17H27NO. The lowest BCUT2D eigenvalue weighted by Gasteiger charge is -2.32. The second-order valence-electron chi connectivity index (χ2n) is 5.80. The highest BCUT2D eigenvalue weighted by Gasteiger charge is 2.24. The summed E-state index contributed by atoms with van der Waals surface area (Å²) in [6, 6.07) is 8.46. The van der Waals surface area contributed by atoms with Crippen molar-refractivity contribution in [2.45, 2.75) is 66.0 Å². The summed E-state index contributed by atoms with van der Waals surface area (Å²) in [6.45, 7) is 12.6. The molecule has 1 rings (SSSR count). The summed E-state index contributed by atoms with van der Waals surface area (Å²) in [5.41, 5.74) is 2.03. The summed E-state index contributed by atoms with van der Waals surface area (Å²) in [7, 11) is 0. The van der Waals surface area contributed by atoms with Crippen LogP contribution in [0.25, 0.3) is 0 Å². The smallest absolute Gasteiger partial charge is 0.254 e. The molecule has 1 unspecified atom stereocenters. The molecule has 2 heteroatoms. The molecule has 0 aromatic heterocycles. The van der Waals surface area contributed by atoms with Gasteiger partial charge in [-0.3, -0.25) is 4.79 Å². The fourth-order valence-electron chi connectivity index (χ4n) is 2.55. The molecule has 1 atom stereocenters. The van der Waals surface area contributed by atoms with Gasteiger partial charge in [0.05, 0.1) is 0 Å². The van der Waals surface area contributed by atoms with Crippen molar-refractivity contribution < 1.29 is 4.79 Å². The average molecular weight is 261 g/mol. The van der Waals surface area contributed by atoms with E-state index in [4.69, 9.17) is 0 Å². The second kappa shape index (κ2) is 6.74. The van der Waals surface area contributed by atoms with E-state index in [1.54, 1.807) is 0 Å². The Morgan fingerprint density at radius 3 is 2.05 bits per heavy atom. The largest absolute Gasteiger partial charge is 0.334 e. The molecule has 0 aliphatic carbocycles. The van der Waals surface area contributed by atoms with Crippen molar-refractivity contribution in [2.75, 3.05) is 0 Å². The van der Waals surface area contributed by atoms with Crippen molar-refractivity contribution in [3.8, 4) is 0 Å². The van der Waals surface area contributed by atoms with E-state index in [1.165, 1.54) is 5.56 Å². The first-order valence-electron chi connectivity index (χ1n) is 7.31. The summed E-state index contributed by atoms with van der Waals surface area (Å²) >= 11 is 0. The van der Waals surface area contributed by atoms with Gasteiger partial charge >= 0.3 is 0 Å². The van der Waals surface area contributed by atoms with Crippen LogP contribution in [-0.4, -0.2) is 22.9 Å². The summed E-state index contributed by atoms with van der Waals surface area (Å²) in [4.78, 5) is 14.8. The van der Waals surface area contributed by atoms with Gasteiger partial charge in [-0.25, -0.2) is 0 Å². The van der Waals surface area contributed by atoms with Gasteiger partial charge in [-0.2, -0.15) is 0 Å². The van der Waals surface area contributed by atoms with E-state index >= 15 is 0 Å². The third-order valence-corrected chi connectivity index (χ3v) is 3.68. The summed E-state index contributed by atoms with van der Waals surface area (Å²) in [6.07, 6.45) is 1.05. The Morgan fingerprint density at radius 1 is 1.05 bits per heavy atom. The van der Waals surface area contributed by atoms with E-state index in [1.807, 2.05) is 23.1 Å². The predicted octanol–water partition coefficient (Wildman–Crippen LogP) is 4.46. The van der Waals surface area contributed by atoms with Gasteiger partial charge < -0.3 is 4.90 Å². The topological polar surface area (TPSA) is 20.3 Å². The number of rotatable bonds is 5. The Bertz CT molecular complexity index is 415. The lowest BCUT2D eigenvalue weighted by atomic mass is 9.92. The fourth-order valence-corrected chi connectivity index (χ4v) is 2.55. The summed E-state index contributed by atoms with van der Waals surface area (Å²) in [5, 5.41) is 0. The summed E-state index contributed by atoms with van der Waals surface area (Å²) in [5.74, 6) is 0.572. The van der Waals surface area contributed by atoms with Crippen LogP contribution in [0, 0.1) is 0 Å². The van der Waals surface area contributed by atoms with Gasteiger partial charge in [-0.05, 0) is 51.7 Å². The normalized spacial score (nSPS) is 12.8. The highest BCUT2D eigenvalue weighted by molar-refractivity contribution is 5.96. The van der Waals surface area contributed by atoms with Crippen LogP contribution in [0.2, 0.25) is 0 Å². The molecule has 1 aromatic rings. The molecule has 0 saturated carbocycles. The molecule has 0 spiro atoms. The molecule has 0 bridgehead atoms. The first-order valence-corrected chi connectivity index (χ1v) is 7.31. The molecule has 0 aliphatic rings. The molecule has 0 N–H and O–H groups in total. The summed E-state index contributed by atoms with van der Waals surface area (Å²) < 4.78 is 0. The van der Waals surface area contributed by atoms with Crippen molar-refractivity contribution in [3.63, 3.8) is 0 Å². The van der Waals surface area contributed by atoms with Crippen molar-refractivity contribution in [1.29, 1.82) is 0 Å². The lowest BCUT2D eigenvalue weighted by molar-refractivity contribution is 0.0642. The van der Waals surface area contributed by atoms with Gasteiger partial charge in [0.1, 0.15) is 0 Å². The molecule has 19 heavy (non-hydrogen) atoms. The molecule has 0 heterocycles. The minimum absolute atomic E-state index is 0.154. The number of benzene rings is 1. The Morgan fingerprint density at radius 2 is 1.58 bits per heavy atom. The average Bonchev–Trinajstić information content (AvgIpc) is 2.36.